The second-order valence-corrected chi connectivity index (χ2v) is 8.75. The highest BCUT2D eigenvalue weighted by Crippen LogP contribution is 2.65. The minimum Gasteiger partial charge on any atom is -0.325 e. The zero-order valence-electron chi connectivity index (χ0n) is 14.4. The van der Waals surface area contributed by atoms with Crippen LogP contribution >= 0.6 is 23.2 Å². The van der Waals surface area contributed by atoms with E-state index in [-0.39, 0.29) is 54.4 Å². The first-order chi connectivity index (χ1) is 13.0. The molecule has 0 unspecified atom stereocenters. The third-order valence-corrected chi connectivity index (χ3v) is 7.08. The monoisotopic (exact) mass is 404 g/mol. The molecule has 5 aliphatic rings. The van der Waals surface area contributed by atoms with Crippen LogP contribution in [0.4, 0.5) is 5.69 Å². The Morgan fingerprint density at radius 1 is 1.07 bits per heavy atom. The average Bonchev–Trinajstić information content (AvgIpc) is 3.42. The number of rotatable bonds is 4. The second kappa shape index (κ2) is 6.08. The van der Waals surface area contributed by atoms with Crippen molar-refractivity contribution in [3.63, 3.8) is 0 Å². The van der Waals surface area contributed by atoms with Crippen LogP contribution < -0.4 is 5.32 Å². The van der Waals surface area contributed by atoms with E-state index in [9.17, 15) is 14.4 Å². The summed E-state index contributed by atoms with van der Waals surface area (Å²) in [5.74, 6) is 0.585. The molecule has 1 aromatic rings. The van der Waals surface area contributed by atoms with Crippen LogP contribution in [0.3, 0.4) is 0 Å². The van der Waals surface area contributed by atoms with E-state index < -0.39 is 0 Å². The van der Waals surface area contributed by atoms with Crippen LogP contribution in [0.25, 0.3) is 0 Å². The molecule has 6 rings (SSSR count). The number of hydrogen-bond acceptors (Lipinski definition) is 3. The van der Waals surface area contributed by atoms with E-state index >= 15 is 0 Å². The Kier molecular flexibility index (Phi) is 3.89. The van der Waals surface area contributed by atoms with Gasteiger partial charge in [0.05, 0.1) is 22.5 Å². The maximum Gasteiger partial charge on any atom is 0.233 e. The number of nitrogens with zero attached hydrogens (tertiary/aromatic N) is 1. The van der Waals surface area contributed by atoms with E-state index in [0.29, 0.717) is 27.6 Å². The van der Waals surface area contributed by atoms with Crippen molar-refractivity contribution in [3.05, 3.63) is 40.4 Å². The van der Waals surface area contributed by atoms with Crippen LogP contribution in [0.5, 0.6) is 0 Å². The molecule has 5 nitrogen and oxygen atoms in total. The lowest BCUT2D eigenvalue weighted by atomic mass is 9.63. The summed E-state index contributed by atoms with van der Waals surface area (Å²) in [5, 5.41) is 3.54. The molecule has 4 aliphatic carbocycles. The molecule has 3 fully saturated rings. The van der Waals surface area contributed by atoms with Gasteiger partial charge in [0, 0.05) is 18.0 Å². The van der Waals surface area contributed by atoms with Gasteiger partial charge in [-0.1, -0.05) is 35.4 Å². The summed E-state index contributed by atoms with van der Waals surface area (Å²) >= 11 is 12.0. The fraction of sp³-hybridized carbons (Fsp3) is 0.450. The molecule has 1 aliphatic heterocycles. The van der Waals surface area contributed by atoms with Gasteiger partial charge in [-0.25, -0.2) is 0 Å². The van der Waals surface area contributed by atoms with Crippen molar-refractivity contribution in [1.29, 1.82) is 0 Å². The number of nitrogens with one attached hydrogen (secondary N) is 1. The van der Waals surface area contributed by atoms with Crippen molar-refractivity contribution in [2.75, 3.05) is 11.9 Å². The first kappa shape index (κ1) is 17.3. The van der Waals surface area contributed by atoms with Crippen LogP contribution in [0.2, 0.25) is 10.0 Å². The van der Waals surface area contributed by atoms with E-state index in [4.69, 9.17) is 23.2 Å². The lowest BCUT2D eigenvalue weighted by molar-refractivity contribution is -0.140. The van der Waals surface area contributed by atoms with Gasteiger partial charge in [0.2, 0.25) is 17.7 Å². The minimum atomic E-state index is -0.307. The second-order valence-electron chi connectivity index (χ2n) is 7.91. The van der Waals surface area contributed by atoms with Crippen LogP contribution in [0, 0.1) is 35.5 Å². The molecule has 1 N–H and O–H groups in total. The molecule has 140 valence electrons. The predicted molar refractivity (Wildman–Crippen MR) is 101 cm³/mol. The normalized spacial score (nSPS) is 35.3. The van der Waals surface area contributed by atoms with Gasteiger partial charge in [0.1, 0.15) is 0 Å². The van der Waals surface area contributed by atoms with Gasteiger partial charge in [-0.2, -0.15) is 0 Å². The Balaban J connectivity index is 1.26. The molecule has 2 bridgehead atoms. The maximum absolute atomic E-state index is 12.9. The highest BCUT2D eigenvalue weighted by molar-refractivity contribution is 6.35. The van der Waals surface area contributed by atoms with Gasteiger partial charge < -0.3 is 5.32 Å². The first-order valence-electron chi connectivity index (χ1n) is 9.24. The SMILES string of the molecule is O=C(CCN1C(=O)[C@@H]2[C@@H]3C=C[C@H]([C@H]4C[C@H]34)[C@@H]2C1=O)Nc1cc(Cl)ccc1Cl. The molecular formula is C20H18Cl2N2O3. The van der Waals surface area contributed by atoms with Crippen LogP contribution in [-0.2, 0) is 14.4 Å². The minimum absolute atomic E-state index is 0.0371. The number of carbonyl (C=O) groups excluding carboxylic acids is 3. The first-order valence-corrected chi connectivity index (χ1v) is 10.00. The van der Waals surface area contributed by atoms with Gasteiger partial charge in [0.25, 0.3) is 0 Å². The van der Waals surface area contributed by atoms with Crippen LogP contribution in [0.1, 0.15) is 12.8 Å². The standard InChI is InChI=1S/C20H18Cl2N2O3/c21-9-1-4-14(22)15(7-9)23-16(25)5-6-24-19(26)17-10-2-3-11(13-8-12(10)13)18(17)20(24)27/h1-4,7,10-13,17-18H,5-6,8H2,(H,23,25)/t10-,11-,12-,13-,17-,18+/m1/s1. The van der Waals surface area contributed by atoms with Crippen molar-refractivity contribution in [2.24, 2.45) is 35.5 Å². The molecule has 1 heterocycles. The lowest BCUT2D eigenvalue weighted by Gasteiger charge is -2.37. The fourth-order valence-corrected chi connectivity index (χ4v) is 5.60. The Labute approximate surface area is 166 Å². The van der Waals surface area contributed by atoms with Crippen molar-refractivity contribution >= 4 is 46.6 Å². The van der Waals surface area contributed by atoms with E-state index in [2.05, 4.69) is 17.5 Å². The number of benzene rings is 1. The quantitative estimate of drug-likeness (QED) is 0.617. The van der Waals surface area contributed by atoms with Crippen molar-refractivity contribution in [1.82, 2.24) is 4.90 Å². The molecule has 1 aromatic carbocycles. The van der Waals surface area contributed by atoms with Gasteiger partial charge in [-0.05, 0) is 48.3 Å². The maximum atomic E-state index is 12.9. The van der Waals surface area contributed by atoms with E-state index in [1.807, 2.05) is 0 Å². The molecule has 0 spiro atoms. The fourth-order valence-electron chi connectivity index (χ4n) is 5.26. The van der Waals surface area contributed by atoms with Gasteiger partial charge >= 0.3 is 0 Å². The smallest absolute Gasteiger partial charge is 0.233 e. The van der Waals surface area contributed by atoms with E-state index in [1.165, 1.54) is 4.90 Å². The van der Waals surface area contributed by atoms with Crippen LogP contribution in [-0.4, -0.2) is 29.2 Å². The number of anilines is 1. The molecule has 7 heteroatoms. The third kappa shape index (κ3) is 2.63. The number of hydrogen-bond donors (Lipinski definition) is 1. The molecular weight excluding hydrogens is 387 g/mol. The Hall–Kier alpha value is -1.85. The van der Waals surface area contributed by atoms with Gasteiger partial charge in [0.15, 0.2) is 0 Å². The highest BCUT2D eigenvalue weighted by Gasteiger charge is 2.66. The Morgan fingerprint density at radius 3 is 2.33 bits per heavy atom. The molecule has 0 radical (unpaired) electrons. The summed E-state index contributed by atoms with van der Waals surface area (Å²) < 4.78 is 0. The largest absolute Gasteiger partial charge is 0.325 e. The Morgan fingerprint density at radius 2 is 1.70 bits per heavy atom. The third-order valence-electron chi connectivity index (χ3n) is 6.52. The number of amides is 3. The molecule has 0 aromatic heterocycles. The van der Waals surface area contributed by atoms with E-state index in [0.717, 1.165) is 6.42 Å². The summed E-state index contributed by atoms with van der Waals surface area (Å²) in [6.45, 7) is 0.101. The lowest BCUT2D eigenvalue weighted by Crippen LogP contribution is -2.40. The van der Waals surface area contributed by atoms with E-state index in [1.54, 1.807) is 18.2 Å². The van der Waals surface area contributed by atoms with Crippen molar-refractivity contribution in [3.8, 4) is 0 Å². The van der Waals surface area contributed by atoms with Crippen molar-refractivity contribution < 1.29 is 14.4 Å². The zero-order chi connectivity index (χ0) is 18.9. The highest BCUT2D eigenvalue weighted by atomic mass is 35.5. The summed E-state index contributed by atoms with van der Waals surface area (Å²) in [4.78, 5) is 39.3. The van der Waals surface area contributed by atoms with Crippen molar-refractivity contribution in [2.45, 2.75) is 12.8 Å². The number of halogens is 2. The number of imide groups is 1. The average molecular weight is 405 g/mol. The topological polar surface area (TPSA) is 66.5 Å². The summed E-state index contributed by atoms with van der Waals surface area (Å²) in [6.07, 6.45) is 5.46. The number of allylic oxidation sites excluding steroid dienone is 2. The summed E-state index contributed by atoms with van der Waals surface area (Å²) in [5.41, 5.74) is 0.421. The zero-order valence-corrected chi connectivity index (χ0v) is 15.9. The molecule has 3 amide bonds. The molecule has 27 heavy (non-hydrogen) atoms. The molecule has 1 saturated heterocycles. The summed E-state index contributed by atoms with van der Waals surface area (Å²) in [6, 6.07) is 4.81. The number of carbonyl (C=O) groups is 3. The molecule has 2 saturated carbocycles. The van der Waals surface area contributed by atoms with Crippen LogP contribution in [0.15, 0.2) is 30.4 Å². The van der Waals surface area contributed by atoms with Gasteiger partial charge in [-0.15, -0.1) is 0 Å². The molecule has 6 atom stereocenters. The summed E-state index contributed by atoms with van der Waals surface area (Å²) in [7, 11) is 0. The van der Waals surface area contributed by atoms with Gasteiger partial charge in [-0.3, -0.25) is 19.3 Å². The predicted octanol–water partition coefficient (Wildman–Crippen LogP) is 3.38. The Bertz CT molecular complexity index is 863. The number of likely N-dealkylation sites (tertiary alicyclic amines) is 1.